The molecular weight excluding hydrogens is 340 g/mol. The molecule has 0 saturated heterocycles. The second-order valence-corrected chi connectivity index (χ2v) is 7.03. The van der Waals surface area contributed by atoms with Gasteiger partial charge < -0.3 is 10.1 Å². The molecule has 1 amide bonds. The molecule has 0 atom stereocenters. The van der Waals surface area contributed by atoms with Crippen LogP contribution in [0.3, 0.4) is 0 Å². The van der Waals surface area contributed by atoms with Crippen LogP contribution in [-0.4, -0.2) is 19.0 Å². The summed E-state index contributed by atoms with van der Waals surface area (Å²) in [5.41, 5.74) is 2.39. The predicted octanol–water partition coefficient (Wildman–Crippen LogP) is 4.32. The van der Waals surface area contributed by atoms with Crippen molar-refractivity contribution in [3.8, 4) is 6.07 Å². The Balaban J connectivity index is 2.26. The van der Waals surface area contributed by atoms with Gasteiger partial charge in [0.15, 0.2) is 0 Å². The lowest BCUT2D eigenvalue weighted by Crippen LogP contribution is -2.16. The average Bonchev–Trinajstić information content (AvgIpc) is 2.65. The van der Waals surface area contributed by atoms with Crippen LogP contribution in [0.4, 0.5) is 5.69 Å². The van der Waals surface area contributed by atoms with Crippen LogP contribution in [0.5, 0.6) is 0 Å². The molecule has 138 valence electrons. The molecule has 0 spiro atoms. The smallest absolute Gasteiger partial charge is 0.339 e. The highest BCUT2D eigenvalue weighted by Gasteiger charge is 2.16. The first-order valence-corrected chi connectivity index (χ1v) is 8.47. The summed E-state index contributed by atoms with van der Waals surface area (Å²) in [6, 6.07) is 16.1. The van der Waals surface area contributed by atoms with Gasteiger partial charge in [-0.1, -0.05) is 57.2 Å². The number of methoxy groups -OCH3 is 1. The first kappa shape index (κ1) is 19.9. The zero-order valence-corrected chi connectivity index (χ0v) is 15.9. The monoisotopic (exact) mass is 362 g/mol. The normalized spacial score (nSPS) is 11.4. The third kappa shape index (κ3) is 5.05. The number of nitrogens with one attached hydrogen (secondary N) is 1. The molecule has 0 aliphatic heterocycles. The summed E-state index contributed by atoms with van der Waals surface area (Å²) in [5.74, 6) is -1.15. The maximum atomic E-state index is 12.5. The molecule has 27 heavy (non-hydrogen) atoms. The Labute approximate surface area is 159 Å². The first-order valence-electron chi connectivity index (χ1n) is 8.47. The Bertz CT molecular complexity index is 914. The fourth-order valence-corrected chi connectivity index (χ4v) is 2.46. The van der Waals surface area contributed by atoms with Gasteiger partial charge in [-0.05, 0) is 34.8 Å². The molecule has 2 rings (SSSR count). The van der Waals surface area contributed by atoms with Crippen molar-refractivity contribution < 1.29 is 14.3 Å². The van der Waals surface area contributed by atoms with Crippen molar-refractivity contribution in [3.63, 3.8) is 0 Å². The number of nitrogens with zero attached hydrogens (tertiary/aromatic N) is 1. The molecule has 0 bridgehead atoms. The lowest BCUT2D eigenvalue weighted by atomic mass is 9.86. The molecule has 0 aliphatic carbocycles. The first-order chi connectivity index (χ1) is 12.8. The topological polar surface area (TPSA) is 79.2 Å². The van der Waals surface area contributed by atoms with Gasteiger partial charge in [0.1, 0.15) is 11.6 Å². The van der Waals surface area contributed by atoms with Gasteiger partial charge in [0.05, 0.1) is 18.4 Å². The number of carbonyl (C=O) groups excluding carboxylic acids is 2. The summed E-state index contributed by atoms with van der Waals surface area (Å²) in [7, 11) is 1.27. The van der Waals surface area contributed by atoms with Gasteiger partial charge in [-0.3, -0.25) is 4.79 Å². The highest BCUT2D eigenvalue weighted by Crippen LogP contribution is 2.23. The number of benzene rings is 2. The van der Waals surface area contributed by atoms with E-state index in [-0.39, 0.29) is 16.6 Å². The quantitative estimate of drug-likeness (QED) is 0.499. The second-order valence-electron chi connectivity index (χ2n) is 7.03. The van der Waals surface area contributed by atoms with Crippen LogP contribution in [-0.2, 0) is 14.9 Å². The fraction of sp³-hybridized carbons (Fsp3) is 0.227. The minimum atomic E-state index is -0.589. The number of hydrogen-bond acceptors (Lipinski definition) is 4. The van der Waals surface area contributed by atoms with E-state index in [9.17, 15) is 14.9 Å². The number of anilines is 1. The third-order valence-electron chi connectivity index (χ3n) is 4.03. The highest BCUT2D eigenvalue weighted by atomic mass is 16.5. The number of hydrogen-bond donors (Lipinski definition) is 1. The molecule has 0 fully saturated rings. The molecule has 0 heterocycles. The van der Waals surface area contributed by atoms with Crippen LogP contribution in [0.15, 0.2) is 54.1 Å². The van der Waals surface area contributed by atoms with E-state index in [0.717, 1.165) is 11.1 Å². The SMILES string of the molecule is COC(=O)c1ccccc1NC(=O)/C(C#N)=C/c1ccc(C(C)(C)C)cc1. The Morgan fingerprint density at radius 3 is 2.26 bits per heavy atom. The van der Waals surface area contributed by atoms with E-state index < -0.39 is 11.9 Å². The van der Waals surface area contributed by atoms with Crippen molar-refractivity contribution in [3.05, 3.63) is 70.8 Å². The van der Waals surface area contributed by atoms with E-state index >= 15 is 0 Å². The summed E-state index contributed by atoms with van der Waals surface area (Å²) >= 11 is 0. The molecule has 1 N–H and O–H groups in total. The fourth-order valence-electron chi connectivity index (χ4n) is 2.46. The molecule has 0 aromatic heterocycles. The maximum absolute atomic E-state index is 12.5. The van der Waals surface area contributed by atoms with Crippen LogP contribution in [0.25, 0.3) is 6.08 Å². The van der Waals surface area contributed by atoms with E-state index in [1.54, 1.807) is 24.3 Å². The zero-order valence-electron chi connectivity index (χ0n) is 15.9. The lowest BCUT2D eigenvalue weighted by Gasteiger charge is -2.18. The molecule has 2 aromatic rings. The van der Waals surface area contributed by atoms with Gasteiger partial charge in [0.25, 0.3) is 5.91 Å². The second kappa shape index (κ2) is 8.33. The van der Waals surface area contributed by atoms with Crippen molar-refractivity contribution in [1.82, 2.24) is 0 Å². The van der Waals surface area contributed by atoms with Crippen molar-refractivity contribution in [2.75, 3.05) is 12.4 Å². The minimum Gasteiger partial charge on any atom is -0.465 e. The van der Waals surface area contributed by atoms with Crippen molar-refractivity contribution in [2.45, 2.75) is 26.2 Å². The molecule has 0 radical (unpaired) electrons. The van der Waals surface area contributed by atoms with Crippen molar-refractivity contribution in [1.29, 1.82) is 5.26 Å². The predicted molar refractivity (Wildman–Crippen MR) is 105 cm³/mol. The Hall–Kier alpha value is -3.39. The summed E-state index contributed by atoms with van der Waals surface area (Å²) in [4.78, 5) is 24.3. The Morgan fingerprint density at radius 1 is 1.07 bits per heavy atom. The summed E-state index contributed by atoms with van der Waals surface area (Å²) < 4.78 is 4.71. The average molecular weight is 362 g/mol. The molecule has 0 unspecified atom stereocenters. The summed E-state index contributed by atoms with van der Waals surface area (Å²) in [6.45, 7) is 6.35. The van der Waals surface area contributed by atoms with Crippen LogP contribution in [0, 0.1) is 11.3 Å². The van der Waals surface area contributed by atoms with E-state index in [0.29, 0.717) is 5.69 Å². The van der Waals surface area contributed by atoms with E-state index in [1.807, 2.05) is 30.3 Å². The van der Waals surface area contributed by atoms with Gasteiger partial charge in [0, 0.05) is 0 Å². The summed E-state index contributed by atoms with van der Waals surface area (Å²) in [5, 5.41) is 12.0. The standard InChI is InChI=1S/C22H22N2O3/c1-22(2,3)17-11-9-15(10-12-17)13-16(14-23)20(25)24-19-8-6-5-7-18(19)21(26)27-4/h5-13H,1-4H3,(H,24,25)/b16-13+. The van der Waals surface area contributed by atoms with Gasteiger partial charge in [-0.15, -0.1) is 0 Å². The third-order valence-corrected chi connectivity index (χ3v) is 4.03. The molecule has 5 heteroatoms. The molecule has 2 aromatic carbocycles. The zero-order chi connectivity index (χ0) is 20.0. The Kier molecular flexibility index (Phi) is 6.15. The van der Waals surface area contributed by atoms with Gasteiger partial charge in [-0.25, -0.2) is 4.79 Å². The van der Waals surface area contributed by atoms with Gasteiger partial charge >= 0.3 is 5.97 Å². The Morgan fingerprint density at radius 2 is 1.70 bits per heavy atom. The van der Waals surface area contributed by atoms with Crippen LogP contribution < -0.4 is 5.32 Å². The minimum absolute atomic E-state index is 0.0231. The lowest BCUT2D eigenvalue weighted by molar-refractivity contribution is -0.112. The highest BCUT2D eigenvalue weighted by molar-refractivity contribution is 6.11. The number of rotatable bonds is 4. The van der Waals surface area contributed by atoms with Gasteiger partial charge in [-0.2, -0.15) is 5.26 Å². The van der Waals surface area contributed by atoms with Crippen molar-refractivity contribution >= 4 is 23.6 Å². The maximum Gasteiger partial charge on any atom is 0.339 e. The molecule has 5 nitrogen and oxygen atoms in total. The number of carbonyl (C=O) groups is 2. The molecular formula is C22H22N2O3. The number of esters is 1. The van der Waals surface area contributed by atoms with E-state index in [4.69, 9.17) is 4.74 Å². The van der Waals surface area contributed by atoms with E-state index in [2.05, 4.69) is 26.1 Å². The molecule has 0 saturated carbocycles. The summed E-state index contributed by atoms with van der Waals surface area (Å²) in [6.07, 6.45) is 1.52. The molecule has 0 aliphatic rings. The van der Waals surface area contributed by atoms with Crippen LogP contribution in [0.1, 0.15) is 42.3 Å². The van der Waals surface area contributed by atoms with Crippen LogP contribution in [0.2, 0.25) is 0 Å². The number of amides is 1. The van der Waals surface area contributed by atoms with E-state index in [1.165, 1.54) is 13.2 Å². The number of nitriles is 1. The number of para-hydroxylation sites is 1. The van der Waals surface area contributed by atoms with Gasteiger partial charge in [0.2, 0.25) is 0 Å². The largest absolute Gasteiger partial charge is 0.465 e. The number of ether oxygens (including phenoxy) is 1. The van der Waals surface area contributed by atoms with Crippen LogP contribution >= 0.6 is 0 Å². The van der Waals surface area contributed by atoms with Crippen molar-refractivity contribution in [2.24, 2.45) is 0 Å².